The summed E-state index contributed by atoms with van der Waals surface area (Å²) in [5.74, 6) is -0.539. The van der Waals surface area contributed by atoms with Crippen molar-refractivity contribution in [1.82, 2.24) is 9.97 Å². The molecule has 2 rings (SSSR count). The number of carbonyl (C=O) groups is 1. The maximum absolute atomic E-state index is 12.7. The molecular weight excluding hydrogens is 355 g/mol. The van der Waals surface area contributed by atoms with Gasteiger partial charge >= 0.3 is 6.18 Å². The van der Waals surface area contributed by atoms with Crippen LogP contribution in [0.4, 0.5) is 18.9 Å². The quantitative estimate of drug-likeness (QED) is 0.622. The van der Waals surface area contributed by atoms with Gasteiger partial charge in [-0.3, -0.25) is 9.59 Å². The molecule has 0 saturated carbocycles. The van der Waals surface area contributed by atoms with Gasteiger partial charge in [0, 0.05) is 11.8 Å². The molecule has 0 spiro atoms. The lowest BCUT2D eigenvalue weighted by Crippen LogP contribution is -2.16. The van der Waals surface area contributed by atoms with Crippen LogP contribution in [0.25, 0.3) is 0 Å². The van der Waals surface area contributed by atoms with Crippen LogP contribution in [0, 0.1) is 0 Å². The van der Waals surface area contributed by atoms with Crippen molar-refractivity contribution in [2.75, 3.05) is 11.1 Å². The molecule has 0 radical (unpaired) electrons. The predicted molar refractivity (Wildman–Crippen MR) is 89.7 cm³/mol. The first-order chi connectivity index (χ1) is 11.6. The number of aromatic amines is 1. The van der Waals surface area contributed by atoms with Gasteiger partial charge in [0.15, 0.2) is 5.16 Å². The van der Waals surface area contributed by atoms with Crippen LogP contribution in [0.5, 0.6) is 0 Å². The molecule has 1 aromatic heterocycles. The Labute approximate surface area is 146 Å². The molecule has 0 aliphatic carbocycles. The van der Waals surface area contributed by atoms with Gasteiger partial charge in [0.25, 0.3) is 5.56 Å². The molecule has 0 unspecified atom stereocenters. The minimum absolute atomic E-state index is 0.0535. The summed E-state index contributed by atoms with van der Waals surface area (Å²) in [6.45, 7) is 3.77. The fraction of sp³-hybridized carbons (Fsp3) is 0.312. The molecule has 9 heteroatoms. The Balaban J connectivity index is 2.01. The highest BCUT2D eigenvalue weighted by Crippen LogP contribution is 2.30. The standard InChI is InChI=1S/C16H16F3N3O2S/c1-9(2)12-7-13(23)22-15(21-12)25-8-14(24)20-11-5-3-4-10(6-11)16(17,18)19/h3-7,9H,8H2,1-2H3,(H,20,24)(H,21,22,23). The number of halogens is 3. The number of carbonyl (C=O) groups excluding carboxylic acids is 1. The van der Waals surface area contributed by atoms with Crippen LogP contribution in [0.1, 0.15) is 31.0 Å². The van der Waals surface area contributed by atoms with Crippen molar-refractivity contribution in [3.05, 3.63) is 51.9 Å². The Morgan fingerprint density at radius 3 is 2.68 bits per heavy atom. The fourth-order valence-corrected chi connectivity index (χ4v) is 2.60. The maximum atomic E-state index is 12.7. The van der Waals surface area contributed by atoms with E-state index in [0.717, 1.165) is 23.9 Å². The average molecular weight is 371 g/mol. The summed E-state index contributed by atoms with van der Waals surface area (Å²) in [5, 5.41) is 2.68. The van der Waals surface area contributed by atoms with Gasteiger partial charge in [-0.15, -0.1) is 0 Å². The number of thioether (sulfide) groups is 1. The summed E-state index contributed by atoms with van der Waals surface area (Å²) in [7, 11) is 0. The Morgan fingerprint density at radius 1 is 1.32 bits per heavy atom. The van der Waals surface area contributed by atoms with E-state index in [4.69, 9.17) is 0 Å². The van der Waals surface area contributed by atoms with E-state index < -0.39 is 17.6 Å². The van der Waals surface area contributed by atoms with Gasteiger partial charge in [-0.05, 0) is 24.1 Å². The molecule has 1 aromatic carbocycles. The third-order valence-electron chi connectivity index (χ3n) is 3.14. The van der Waals surface area contributed by atoms with Gasteiger partial charge in [0.05, 0.1) is 17.0 Å². The number of alkyl halides is 3. The Kier molecular flexibility index (Phi) is 5.89. The molecule has 0 aliphatic rings. The largest absolute Gasteiger partial charge is 0.416 e. The molecule has 2 aromatic rings. The van der Waals surface area contributed by atoms with E-state index in [-0.39, 0.29) is 28.1 Å². The highest BCUT2D eigenvalue weighted by molar-refractivity contribution is 7.99. The van der Waals surface area contributed by atoms with E-state index in [1.165, 1.54) is 18.2 Å². The topological polar surface area (TPSA) is 74.8 Å². The molecule has 25 heavy (non-hydrogen) atoms. The van der Waals surface area contributed by atoms with Gasteiger partial charge in [0.2, 0.25) is 5.91 Å². The van der Waals surface area contributed by atoms with Crippen molar-refractivity contribution < 1.29 is 18.0 Å². The number of nitrogens with one attached hydrogen (secondary N) is 2. The summed E-state index contributed by atoms with van der Waals surface area (Å²) in [5.41, 5.74) is -0.504. The molecule has 1 heterocycles. The summed E-state index contributed by atoms with van der Waals surface area (Å²) >= 11 is 1.00. The van der Waals surface area contributed by atoms with Crippen molar-refractivity contribution >= 4 is 23.4 Å². The molecule has 0 aliphatic heterocycles. The highest BCUT2D eigenvalue weighted by atomic mass is 32.2. The lowest BCUT2D eigenvalue weighted by Gasteiger charge is -2.10. The zero-order valence-corrected chi connectivity index (χ0v) is 14.3. The second kappa shape index (κ2) is 7.73. The number of rotatable bonds is 5. The molecule has 1 amide bonds. The summed E-state index contributed by atoms with van der Waals surface area (Å²) in [6, 6.07) is 5.77. The molecule has 0 fully saturated rings. The summed E-state index contributed by atoms with van der Waals surface area (Å²) in [6.07, 6.45) is -4.48. The first-order valence-corrected chi connectivity index (χ1v) is 8.35. The zero-order chi connectivity index (χ0) is 18.6. The minimum Gasteiger partial charge on any atom is -0.325 e. The number of H-pyrrole nitrogens is 1. The van der Waals surface area contributed by atoms with Gasteiger partial charge in [0.1, 0.15) is 0 Å². The predicted octanol–water partition coefficient (Wildman–Crippen LogP) is 3.64. The molecule has 0 saturated heterocycles. The minimum atomic E-state index is -4.48. The number of hydrogen-bond donors (Lipinski definition) is 2. The molecule has 0 atom stereocenters. The van der Waals surface area contributed by atoms with Crippen LogP contribution in [-0.2, 0) is 11.0 Å². The lowest BCUT2D eigenvalue weighted by atomic mass is 10.1. The van der Waals surface area contributed by atoms with Crippen LogP contribution in [0.2, 0.25) is 0 Å². The number of aromatic nitrogens is 2. The van der Waals surface area contributed by atoms with Crippen molar-refractivity contribution in [2.45, 2.75) is 31.1 Å². The Morgan fingerprint density at radius 2 is 2.04 bits per heavy atom. The smallest absolute Gasteiger partial charge is 0.325 e. The van der Waals surface area contributed by atoms with Gasteiger partial charge in [-0.1, -0.05) is 31.7 Å². The van der Waals surface area contributed by atoms with E-state index in [9.17, 15) is 22.8 Å². The van der Waals surface area contributed by atoms with E-state index >= 15 is 0 Å². The van der Waals surface area contributed by atoms with Crippen LogP contribution in [0.15, 0.2) is 40.3 Å². The number of anilines is 1. The molecular formula is C16H16F3N3O2S. The van der Waals surface area contributed by atoms with E-state index in [1.807, 2.05) is 13.8 Å². The molecule has 5 nitrogen and oxygen atoms in total. The fourth-order valence-electron chi connectivity index (χ4n) is 1.92. The normalized spacial score (nSPS) is 11.6. The third-order valence-corrected chi connectivity index (χ3v) is 4.02. The van der Waals surface area contributed by atoms with E-state index in [0.29, 0.717) is 5.69 Å². The van der Waals surface area contributed by atoms with Gasteiger partial charge in [-0.25, -0.2) is 4.98 Å². The average Bonchev–Trinajstić information content (AvgIpc) is 2.52. The monoisotopic (exact) mass is 371 g/mol. The number of hydrogen-bond acceptors (Lipinski definition) is 4. The number of benzene rings is 1. The summed E-state index contributed by atoms with van der Waals surface area (Å²) in [4.78, 5) is 30.2. The first-order valence-electron chi connectivity index (χ1n) is 7.36. The van der Waals surface area contributed by atoms with E-state index in [1.54, 1.807) is 0 Å². The molecule has 2 N–H and O–H groups in total. The second-order valence-electron chi connectivity index (χ2n) is 5.55. The van der Waals surface area contributed by atoms with Gasteiger partial charge < -0.3 is 10.3 Å². The molecule has 0 bridgehead atoms. The first kappa shape index (κ1) is 19.0. The lowest BCUT2D eigenvalue weighted by molar-refractivity contribution is -0.137. The number of nitrogens with zero attached hydrogens (tertiary/aromatic N) is 1. The van der Waals surface area contributed by atoms with Crippen LogP contribution >= 0.6 is 11.8 Å². The zero-order valence-electron chi connectivity index (χ0n) is 13.5. The SMILES string of the molecule is CC(C)c1cc(=O)[nH]c(SCC(=O)Nc2cccc(C(F)(F)F)c2)n1. The van der Waals surface area contributed by atoms with Gasteiger partial charge in [-0.2, -0.15) is 13.2 Å². The second-order valence-corrected chi connectivity index (χ2v) is 6.51. The third kappa shape index (κ3) is 5.63. The number of amides is 1. The van der Waals surface area contributed by atoms with Crippen molar-refractivity contribution in [1.29, 1.82) is 0 Å². The van der Waals surface area contributed by atoms with Crippen molar-refractivity contribution in [3.63, 3.8) is 0 Å². The molecule has 134 valence electrons. The van der Waals surface area contributed by atoms with Crippen LogP contribution in [0.3, 0.4) is 0 Å². The van der Waals surface area contributed by atoms with Crippen LogP contribution < -0.4 is 10.9 Å². The summed E-state index contributed by atoms with van der Waals surface area (Å²) < 4.78 is 38.0. The Hall–Kier alpha value is -2.29. The maximum Gasteiger partial charge on any atom is 0.416 e. The van der Waals surface area contributed by atoms with Crippen molar-refractivity contribution in [3.8, 4) is 0 Å². The Bertz CT molecular complexity index is 819. The van der Waals surface area contributed by atoms with E-state index in [2.05, 4.69) is 15.3 Å². The van der Waals surface area contributed by atoms with Crippen LogP contribution in [-0.4, -0.2) is 21.6 Å². The van der Waals surface area contributed by atoms with Crippen molar-refractivity contribution in [2.24, 2.45) is 0 Å². The highest BCUT2D eigenvalue weighted by Gasteiger charge is 2.30.